The third kappa shape index (κ3) is 2.49. The minimum absolute atomic E-state index is 0.438. The average molecular weight is 221 g/mol. The zero-order valence-electron chi connectivity index (χ0n) is 10.5. The maximum atomic E-state index is 5.90. The van der Waals surface area contributed by atoms with Gasteiger partial charge in [0.1, 0.15) is 11.5 Å². The van der Waals surface area contributed by atoms with Gasteiger partial charge in [-0.1, -0.05) is 26.7 Å². The van der Waals surface area contributed by atoms with Crippen molar-refractivity contribution in [1.29, 1.82) is 0 Å². The summed E-state index contributed by atoms with van der Waals surface area (Å²) in [5, 5.41) is 3.58. The lowest BCUT2D eigenvalue weighted by Gasteiger charge is -2.22. The standard InChI is InChI=1S/C14H23NO/c1-3-12-9-10-13(16-12)14(15-4-2)11-7-5-6-8-11/h9-11,14-15H,3-8H2,1-2H3. The number of hydrogen-bond donors (Lipinski definition) is 1. The second-order valence-corrected chi connectivity index (χ2v) is 4.74. The molecule has 16 heavy (non-hydrogen) atoms. The lowest BCUT2D eigenvalue weighted by molar-refractivity contribution is 0.310. The highest BCUT2D eigenvalue weighted by Crippen LogP contribution is 2.36. The molecule has 90 valence electrons. The van der Waals surface area contributed by atoms with Gasteiger partial charge < -0.3 is 9.73 Å². The van der Waals surface area contributed by atoms with Gasteiger partial charge in [-0.25, -0.2) is 0 Å². The van der Waals surface area contributed by atoms with Gasteiger partial charge in [-0.3, -0.25) is 0 Å². The Labute approximate surface area is 98.4 Å². The van der Waals surface area contributed by atoms with Gasteiger partial charge in [-0.05, 0) is 37.4 Å². The van der Waals surface area contributed by atoms with Crippen molar-refractivity contribution in [2.24, 2.45) is 5.92 Å². The summed E-state index contributed by atoms with van der Waals surface area (Å²) in [5.41, 5.74) is 0. The average Bonchev–Trinajstić information content (AvgIpc) is 2.97. The first-order valence-electron chi connectivity index (χ1n) is 6.67. The Morgan fingerprint density at radius 3 is 2.62 bits per heavy atom. The lowest BCUT2D eigenvalue weighted by atomic mass is 9.96. The van der Waals surface area contributed by atoms with Crippen LogP contribution in [0.25, 0.3) is 0 Å². The minimum atomic E-state index is 0.438. The van der Waals surface area contributed by atoms with Crippen LogP contribution in [0.2, 0.25) is 0 Å². The molecular formula is C14H23NO. The van der Waals surface area contributed by atoms with Gasteiger partial charge in [0.15, 0.2) is 0 Å². The summed E-state index contributed by atoms with van der Waals surface area (Å²) in [5.74, 6) is 3.03. The fourth-order valence-corrected chi connectivity index (χ4v) is 2.76. The minimum Gasteiger partial charge on any atom is -0.464 e. The predicted octanol–water partition coefficient (Wildman–Crippen LogP) is 3.68. The molecule has 2 nitrogen and oxygen atoms in total. The monoisotopic (exact) mass is 221 g/mol. The molecule has 2 heteroatoms. The van der Waals surface area contributed by atoms with Crippen molar-refractivity contribution in [3.05, 3.63) is 23.7 Å². The molecule has 1 N–H and O–H groups in total. The smallest absolute Gasteiger partial charge is 0.121 e. The Balaban J connectivity index is 2.10. The summed E-state index contributed by atoms with van der Waals surface area (Å²) in [7, 11) is 0. The highest BCUT2D eigenvalue weighted by molar-refractivity contribution is 5.12. The van der Waals surface area contributed by atoms with Crippen LogP contribution in [0.1, 0.15) is 57.1 Å². The molecular weight excluding hydrogens is 198 g/mol. The highest BCUT2D eigenvalue weighted by Gasteiger charge is 2.27. The van der Waals surface area contributed by atoms with Gasteiger partial charge in [0.05, 0.1) is 6.04 Å². The van der Waals surface area contributed by atoms with Crippen molar-refractivity contribution in [3.63, 3.8) is 0 Å². The fourth-order valence-electron chi connectivity index (χ4n) is 2.76. The molecule has 1 atom stereocenters. The second kappa shape index (κ2) is 5.53. The molecule has 1 unspecified atom stereocenters. The molecule has 1 heterocycles. The summed E-state index contributed by atoms with van der Waals surface area (Å²) in [6.07, 6.45) is 6.45. The van der Waals surface area contributed by atoms with E-state index in [9.17, 15) is 0 Å². The first-order valence-corrected chi connectivity index (χ1v) is 6.67. The Morgan fingerprint density at radius 1 is 1.31 bits per heavy atom. The van der Waals surface area contributed by atoms with E-state index in [1.165, 1.54) is 25.7 Å². The molecule has 0 aromatic carbocycles. The number of furan rings is 1. The van der Waals surface area contributed by atoms with Gasteiger partial charge in [0, 0.05) is 6.42 Å². The van der Waals surface area contributed by atoms with E-state index in [0.29, 0.717) is 6.04 Å². The van der Waals surface area contributed by atoms with E-state index in [1.807, 2.05) is 0 Å². The quantitative estimate of drug-likeness (QED) is 0.820. The fraction of sp³-hybridized carbons (Fsp3) is 0.714. The molecule has 1 saturated carbocycles. The normalized spacial score (nSPS) is 19.1. The van der Waals surface area contributed by atoms with E-state index in [-0.39, 0.29) is 0 Å². The van der Waals surface area contributed by atoms with Crippen molar-refractivity contribution in [1.82, 2.24) is 5.32 Å². The van der Waals surface area contributed by atoms with Gasteiger partial charge in [-0.2, -0.15) is 0 Å². The topological polar surface area (TPSA) is 25.2 Å². The van der Waals surface area contributed by atoms with Crippen LogP contribution >= 0.6 is 0 Å². The Morgan fingerprint density at radius 2 is 2.06 bits per heavy atom. The second-order valence-electron chi connectivity index (χ2n) is 4.74. The molecule has 0 spiro atoms. The summed E-state index contributed by atoms with van der Waals surface area (Å²) in [6.45, 7) is 5.33. The molecule has 0 aliphatic heterocycles. The number of hydrogen-bond acceptors (Lipinski definition) is 2. The van der Waals surface area contributed by atoms with E-state index < -0.39 is 0 Å². The summed E-state index contributed by atoms with van der Waals surface area (Å²) >= 11 is 0. The van der Waals surface area contributed by atoms with Gasteiger partial charge in [0.25, 0.3) is 0 Å². The molecule has 1 aromatic rings. The van der Waals surface area contributed by atoms with Gasteiger partial charge >= 0.3 is 0 Å². The van der Waals surface area contributed by atoms with Crippen LogP contribution < -0.4 is 5.32 Å². The molecule has 0 amide bonds. The zero-order valence-corrected chi connectivity index (χ0v) is 10.5. The Hall–Kier alpha value is -0.760. The first-order chi connectivity index (χ1) is 7.85. The summed E-state index contributed by atoms with van der Waals surface area (Å²) < 4.78 is 5.90. The number of aryl methyl sites for hydroxylation is 1. The van der Waals surface area contributed by atoms with Crippen LogP contribution in [-0.4, -0.2) is 6.54 Å². The van der Waals surface area contributed by atoms with Gasteiger partial charge in [-0.15, -0.1) is 0 Å². The zero-order chi connectivity index (χ0) is 11.4. The largest absolute Gasteiger partial charge is 0.464 e. The van der Waals surface area contributed by atoms with Crippen LogP contribution in [0, 0.1) is 5.92 Å². The van der Waals surface area contributed by atoms with Crippen LogP contribution in [0.5, 0.6) is 0 Å². The molecule has 0 radical (unpaired) electrons. The third-order valence-corrected chi connectivity index (χ3v) is 3.63. The van der Waals surface area contributed by atoms with Crippen LogP contribution in [-0.2, 0) is 6.42 Å². The van der Waals surface area contributed by atoms with Crippen molar-refractivity contribution >= 4 is 0 Å². The maximum absolute atomic E-state index is 5.90. The SMILES string of the molecule is CCNC(c1ccc(CC)o1)C1CCCC1. The van der Waals surface area contributed by atoms with Crippen molar-refractivity contribution in [2.45, 2.75) is 52.0 Å². The molecule has 1 fully saturated rings. The van der Waals surface area contributed by atoms with Crippen molar-refractivity contribution in [3.8, 4) is 0 Å². The van der Waals surface area contributed by atoms with Crippen LogP contribution in [0.4, 0.5) is 0 Å². The van der Waals surface area contributed by atoms with Crippen molar-refractivity contribution < 1.29 is 4.42 Å². The predicted molar refractivity (Wildman–Crippen MR) is 66.5 cm³/mol. The highest BCUT2D eigenvalue weighted by atomic mass is 16.3. The molecule has 2 rings (SSSR count). The summed E-state index contributed by atoms with van der Waals surface area (Å²) in [6, 6.07) is 4.71. The van der Waals surface area contributed by atoms with E-state index in [1.54, 1.807) is 0 Å². The molecule has 0 bridgehead atoms. The molecule has 1 aliphatic carbocycles. The maximum Gasteiger partial charge on any atom is 0.121 e. The number of rotatable bonds is 5. The molecule has 0 saturated heterocycles. The van der Waals surface area contributed by atoms with Crippen molar-refractivity contribution in [2.75, 3.05) is 6.54 Å². The van der Waals surface area contributed by atoms with Crippen LogP contribution in [0.15, 0.2) is 16.5 Å². The molecule has 1 aliphatic rings. The summed E-state index contributed by atoms with van der Waals surface area (Å²) in [4.78, 5) is 0. The first kappa shape index (κ1) is 11.7. The van der Waals surface area contributed by atoms with Gasteiger partial charge in [0.2, 0.25) is 0 Å². The van der Waals surface area contributed by atoms with E-state index in [0.717, 1.165) is 30.4 Å². The number of nitrogens with one attached hydrogen (secondary N) is 1. The Bertz CT molecular complexity index is 312. The van der Waals surface area contributed by atoms with E-state index >= 15 is 0 Å². The van der Waals surface area contributed by atoms with E-state index in [2.05, 4.69) is 31.3 Å². The van der Waals surface area contributed by atoms with E-state index in [4.69, 9.17) is 4.42 Å². The van der Waals surface area contributed by atoms with Crippen LogP contribution in [0.3, 0.4) is 0 Å². The lowest BCUT2D eigenvalue weighted by Crippen LogP contribution is -2.26. The third-order valence-electron chi connectivity index (χ3n) is 3.63. The Kier molecular flexibility index (Phi) is 4.05. The molecule has 1 aromatic heterocycles.